The van der Waals surface area contributed by atoms with Gasteiger partial charge in [-0.15, -0.1) is 11.3 Å². The Hall–Kier alpha value is -1.72. The first-order valence-corrected chi connectivity index (χ1v) is 7.43. The molecule has 1 aromatic carbocycles. The average molecular weight is 288 g/mol. The number of nitrogens with zero attached hydrogens (tertiary/aromatic N) is 2. The molecule has 0 amide bonds. The summed E-state index contributed by atoms with van der Waals surface area (Å²) in [6.45, 7) is 2.85. The predicted octanol–water partition coefficient (Wildman–Crippen LogP) is 2.95. The van der Waals surface area contributed by atoms with Crippen LogP contribution in [0.4, 0.5) is 0 Å². The SMILES string of the molecule is Cc1ncsc1CN(C)C(CC(=N)N)c1ccccc1. The minimum Gasteiger partial charge on any atom is -0.388 e. The Morgan fingerprint density at radius 2 is 2.10 bits per heavy atom. The summed E-state index contributed by atoms with van der Waals surface area (Å²) in [4.78, 5) is 7.78. The van der Waals surface area contributed by atoms with Crippen molar-refractivity contribution in [3.63, 3.8) is 0 Å². The highest BCUT2D eigenvalue weighted by atomic mass is 32.1. The molecule has 0 aliphatic carbocycles. The lowest BCUT2D eigenvalue weighted by molar-refractivity contribution is 0.243. The van der Waals surface area contributed by atoms with Gasteiger partial charge in [0.1, 0.15) is 0 Å². The lowest BCUT2D eigenvalue weighted by Crippen LogP contribution is -2.28. The van der Waals surface area contributed by atoms with Crippen molar-refractivity contribution >= 4 is 17.2 Å². The number of nitrogens with one attached hydrogen (secondary N) is 1. The lowest BCUT2D eigenvalue weighted by Gasteiger charge is -2.28. The number of benzene rings is 1. The van der Waals surface area contributed by atoms with E-state index in [2.05, 4.69) is 29.1 Å². The van der Waals surface area contributed by atoms with Gasteiger partial charge in [-0.25, -0.2) is 4.98 Å². The van der Waals surface area contributed by atoms with Gasteiger partial charge in [-0.3, -0.25) is 10.3 Å². The predicted molar refractivity (Wildman–Crippen MR) is 84.0 cm³/mol. The van der Waals surface area contributed by atoms with Crippen molar-refractivity contribution < 1.29 is 0 Å². The molecule has 20 heavy (non-hydrogen) atoms. The maximum Gasteiger partial charge on any atom is 0.0924 e. The molecule has 2 rings (SSSR count). The van der Waals surface area contributed by atoms with E-state index in [1.807, 2.05) is 30.6 Å². The first-order valence-electron chi connectivity index (χ1n) is 6.55. The number of aryl methyl sites for hydroxylation is 1. The summed E-state index contributed by atoms with van der Waals surface area (Å²) < 4.78 is 0. The summed E-state index contributed by atoms with van der Waals surface area (Å²) in [6, 6.07) is 10.3. The number of nitrogens with two attached hydrogens (primary N) is 1. The molecular formula is C15H20N4S. The average Bonchev–Trinajstić information content (AvgIpc) is 2.82. The van der Waals surface area contributed by atoms with Crippen molar-refractivity contribution in [2.45, 2.75) is 25.9 Å². The Morgan fingerprint density at radius 3 is 2.65 bits per heavy atom. The molecule has 0 aliphatic rings. The number of rotatable bonds is 6. The Kier molecular flexibility index (Phi) is 4.87. The first-order chi connectivity index (χ1) is 9.58. The van der Waals surface area contributed by atoms with Gasteiger partial charge in [-0.1, -0.05) is 30.3 Å². The molecule has 5 heteroatoms. The van der Waals surface area contributed by atoms with E-state index >= 15 is 0 Å². The molecule has 1 unspecified atom stereocenters. The van der Waals surface area contributed by atoms with Crippen LogP contribution in [0.2, 0.25) is 0 Å². The second-order valence-corrected chi connectivity index (χ2v) is 5.87. The Morgan fingerprint density at radius 1 is 1.40 bits per heavy atom. The summed E-state index contributed by atoms with van der Waals surface area (Å²) in [5.41, 5.74) is 9.76. The van der Waals surface area contributed by atoms with Crippen LogP contribution in [-0.4, -0.2) is 22.8 Å². The van der Waals surface area contributed by atoms with Gasteiger partial charge >= 0.3 is 0 Å². The van der Waals surface area contributed by atoms with Crippen LogP contribution in [-0.2, 0) is 6.54 Å². The molecule has 106 valence electrons. The van der Waals surface area contributed by atoms with E-state index in [-0.39, 0.29) is 11.9 Å². The fourth-order valence-corrected chi connectivity index (χ4v) is 3.07. The summed E-state index contributed by atoms with van der Waals surface area (Å²) in [5.74, 6) is 0.215. The van der Waals surface area contributed by atoms with Gasteiger partial charge in [-0.05, 0) is 19.5 Å². The van der Waals surface area contributed by atoms with E-state index in [0.29, 0.717) is 6.42 Å². The van der Waals surface area contributed by atoms with Gasteiger partial charge in [-0.2, -0.15) is 0 Å². The standard InChI is InChI=1S/C15H20N4S/c1-11-14(20-10-18-11)9-19(2)13(8-15(16)17)12-6-4-3-5-7-12/h3-7,10,13H,8-9H2,1-2H3,(H3,16,17). The summed E-state index contributed by atoms with van der Waals surface area (Å²) in [7, 11) is 2.07. The van der Waals surface area contributed by atoms with Crippen LogP contribution >= 0.6 is 11.3 Å². The van der Waals surface area contributed by atoms with Gasteiger partial charge in [0.25, 0.3) is 0 Å². The van der Waals surface area contributed by atoms with Crippen LogP contribution in [0.3, 0.4) is 0 Å². The normalized spacial score (nSPS) is 12.6. The van der Waals surface area contributed by atoms with Crippen molar-refractivity contribution in [1.29, 1.82) is 5.41 Å². The van der Waals surface area contributed by atoms with Crippen LogP contribution < -0.4 is 5.73 Å². The van der Waals surface area contributed by atoms with Crippen LogP contribution in [0.5, 0.6) is 0 Å². The second-order valence-electron chi connectivity index (χ2n) is 4.93. The molecule has 1 atom stereocenters. The fraction of sp³-hybridized carbons (Fsp3) is 0.333. The molecule has 1 heterocycles. The molecule has 0 radical (unpaired) electrons. The van der Waals surface area contributed by atoms with E-state index in [1.54, 1.807) is 11.3 Å². The van der Waals surface area contributed by atoms with E-state index in [1.165, 1.54) is 10.4 Å². The van der Waals surface area contributed by atoms with Crippen molar-refractivity contribution in [2.75, 3.05) is 7.05 Å². The van der Waals surface area contributed by atoms with Gasteiger partial charge in [0, 0.05) is 23.9 Å². The Labute approximate surface area is 123 Å². The second kappa shape index (κ2) is 6.63. The smallest absolute Gasteiger partial charge is 0.0924 e. The molecule has 3 N–H and O–H groups in total. The highest BCUT2D eigenvalue weighted by Gasteiger charge is 2.19. The van der Waals surface area contributed by atoms with Crippen LogP contribution in [0, 0.1) is 12.3 Å². The molecular weight excluding hydrogens is 268 g/mol. The third-order valence-corrected chi connectivity index (χ3v) is 4.29. The summed E-state index contributed by atoms with van der Waals surface area (Å²) >= 11 is 1.67. The number of thiazole rings is 1. The zero-order chi connectivity index (χ0) is 14.5. The third kappa shape index (κ3) is 3.65. The quantitative estimate of drug-likeness (QED) is 0.634. The van der Waals surface area contributed by atoms with E-state index < -0.39 is 0 Å². The summed E-state index contributed by atoms with van der Waals surface area (Å²) in [6.07, 6.45) is 0.540. The minimum atomic E-state index is 0.121. The minimum absolute atomic E-state index is 0.121. The molecule has 0 bridgehead atoms. The number of hydrogen-bond acceptors (Lipinski definition) is 4. The maximum atomic E-state index is 7.60. The molecule has 0 aliphatic heterocycles. The Balaban J connectivity index is 2.18. The van der Waals surface area contributed by atoms with Crippen LogP contribution in [0.1, 0.15) is 28.6 Å². The van der Waals surface area contributed by atoms with Crippen molar-refractivity contribution in [1.82, 2.24) is 9.88 Å². The highest BCUT2D eigenvalue weighted by molar-refractivity contribution is 7.09. The maximum absolute atomic E-state index is 7.60. The molecule has 0 spiro atoms. The van der Waals surface area contributed by atoms with Crippen LogP contribution in [0.15, 0.2) is 35.8 Å². The molecule has 2 aromatic rings. The van der Waals surface area contributed by atoms with Gasteiger partial charge in [0.2, 0.25) is 0 Å². The number of amidine groups is 1. The topological polar surface area (TPSA) is 66.0 Å². The van der Waals surface area contributed by atoms with E-state index in [4.69, 9.17) is 11.1 Å². The molecule has 4 nitrogen and oxygen atoms in total. The van der Waals surface area contributed by atoms with Crippen molar-refractivity contribution in [3.8, 4) is 0 Å². The van der Waals surface area contributed by atoms with Crippen molar-refractivity contribution in [2.24, 2.45) is 5.73 Å². The zero-order valence-electron chi connectivity index (χ0n) is 11.8. The first kappa shape index (κ1) is 14.7. The fourth-order valence-electron chi connectivity index (χ4n) is 2.23. The molecule has 0 saturated heterocycles. The van der Waals surface area contributed by atoms with Gasteiger partial charge in [0.05, 0.1) is 17.0 Å². The van der Waals surface area contributed by atoms with Gasteiger partial charge in [0.15, 0.2) is 0 Å². The Bertz CT molecular complexity index is 564. The number of aromatic nitrogens is 1. The van der Waals surface area contributed by atoms with Crippen LogP contribution in [0.25, 0.3) is 0 Å². The molecule has 0 saturated carbocycles. The monoisotopic (exact) mass is 288 g/mol. The number of hydrogen-bond donors (Lipinski definition) is 2. The zero-order valence-corrected chi connectivity index (χ0v) is 12.7. The molecule has 1 aromatic heterocycles. The van der Waals surface area contributed by atoms with E-state index in [9.17, 15) is 0 Å². The summed E-state index contributed by atoms with van der Waals surface area (Å²) in [5, 5.41) is 7.60. The highest BCUT2D eigenvalue weighted by Crippen LogP contribution is 2.26. The van der Waals surface area contributed by atoms with E-state index in [0.717, 1.165) is 12.2 Å². The van der Waals surface area contributed by atoms with Crippen molar-refractivity contribution in [3.05, 3.63) is 52.0 Å². The largest absolute Gasteiger partial charge is 0.388 e. The third-order valence-electron chi connectivity index (χ3n) is 3.37. The van der Waals surface area contributed by atoms with Gasteiger partial charge < -0.3 is 5.73 Å². The molecule has 0 fully saturated rings. The lowest BCUT2D eigenvalue weighted by atomic mass is 10.0.